The zero-order valence-corrected chi connectivity index (χ0v) is 12.7. The van der Waals surface area contributed by atoms with Crippen LogP contribution in [0.1, 0.15) is 16.1 Å². The maximum Gasteiger partial charge on any atom is 0.352 e. The van der Waals surface area contributed by atoms with Crippen molar-refractivity contribution in [2.75, 3.05) is 13.7 Å². The first-order chi connectivity index (χ1) is 11.2. The van der Waals surface area contributed by atoms with Crippen LogP contribution in [0.3, 0.4) is 0 Å². The van der Waals surface area contributed by atoms with Crippen molar-refractivity contribution in [3.05, 3.63) is 59.8 Å². The van der Waals surface area contributed by atoms with E-state index in [0.717, 1.165) is 22.2 Å². The quantitative estimate of drug-likeness (QED) is 0.731. The topological polar surface area (TPSA) is 71.5 Å². The van der Waals surface area contributed by atoms with Crippen LogP contribution in [0.4, 0.5) is 0 Å². The number of carboxylic acid groups (broad SMARTS) is 1. The van der Waals surface area contributed by atoms with Crippen LogP contribution in [0.5, 0.6) is 11.5 Å². The van der Waals surface area contributed by atoms with E-state index in [1.165, 1.54) is 0 Å². The lowest BCUT2D eigenvalue weighted by Gasteiger charge is -2.10. The molecule has 0 saturated carbocycles. The third-order valence-electron chi connectivity index (χ3n) is 3.68. The Labute approximate surface area is 133 Å². The smallest absolute Gasteiger partial charge is 0.352 e. The summed E-state index contributed by atoms with van der Waals surface area (Å²) >= 11 is 0. The van der Waals surface area contributed by atoms with Crippen LogP contribution in [0.2, 0.25) is 0 Å². The first kappa shape index (κ1) is 15.0. The molecular formula is C18H17NO4. The number of carbonyl (C=O) groups is 1. The molecule has 0 aliphatic heterocycles. The van der Waals surface area contributed by atoms with Crippen LogP contribution in [-0.4, -0.2) is 29.8 Å². The maximum atomic E-state index is 11.1. The summed E-state index contributed by atoms with van der Waals surface area (Å²) in [6, 6.07) is 14.9. The number of aromatic nitrogens is 1. The Balaban J connectivity index is 1.75. The first-order valence-electron chi connectivity index (χ1n) is 7.29. The lowest BCUT2D eigenvalue weighted by atomic mass is 10.1. The molecular weight excluding hydrogens is 294 g/mol. The molecule has 0 bridgehead atoms. The third-order valence-corrected chi connectivity index (χ3v) is 3.68. The van der Waals surface area contributed by atoms with Crippen molar-refractivity contribution in [2.24, 2.45) is 0 Å². The molecule has 0 saturated heterocycles. The van der Waals surface area contributed by atoms with Crippen molar-refractivity contribution >= 4 is 16.9 Å². The number of ether oxygens (including phenoxy) is 2. The predicted molar refractivity (Wildman–Crippen MR) is 87.5 cm³/mol. The highest BCUT2D eigenvalue weighted by Crippen LogP contribution is 2.27. The lowest BCUT2D eigenvalue weighted by molar-refractivity contribution is 0.0691. The Morgan fingerprint density at radius 1 is 1.13 bits per heavy atom. The van der Waals surface area contributed by atoms with Crippen molar-refractivity contribution in [1.29, 1.82) is 0 Å². The monoisotopic (exact) mass is 311 g/mol. The second kappa shape index (κ2) is 6.44. The number of H-pyrrole nitrogens is 1. The van der Waals surface area contributed by atoms with Gasteiger partial charge in [-0.05, 0) is 29.8 Å². The fraction of sp³-hybridized carbons (Fsp3) is 0.167. The highest BCUT2D eigenvalue weighted by atomic mass is 16.5. The summed E-state index contributed by atoms with van der Waals surface area (Å²) in [4.78, 5) is 13.9. The van der Waals surface area contributed by atoms with Crippen molar-refractivity contribution in [2.45, 2.75) is 6.42 Å². The van der Waals surface area contributed by atoms with Gasteiger partial charge in [0.05, 0.1) is 13.7 Å². The average molecular weight is 311 g/mol. The summed E-state index contributed by atoms with van der Waals surface area (Å²) in [5.41, 5.74) is 1.97. The lowest BCUT2D eigenvalue weighted by Crippen LogP contribution is -2.03. The number of aromatic amines is 1. The van der Waals surface area contributed by atoms with E-state index in [1.54, 1.807) is 13.2 Å². The summed E-state index contributed by atoms with van der Waals surface area (Å²) < 4.78 is 11.2. The molecule has 0 spiro atoms. The summed E-state index contributed by atoms with van der Waals surface area (Å²) in [5.74, 6) is 0.520. The van der Waals surface area contributed by atoms with Gasteiger partial charge in [-0.25, -0.2) is 4.79 Å². The normalized spacial score (nSPS) is 10.7. The van der Waals surface area contributed by atoms with Crippen molar-refractivity contribution < 1.29 is 19.4 Å². The molecule has 0 atom stereocenters. The van der Waals surface area contributed by atoms with E-state index in [-0.39, 0.29) is 5.69 Å². The van der Waals surface area contributed by atoms with E-state index >= 15 is 0 Å². The Morgan fingerprint density at radius 2 is 1.91 bits per heavy atom. The number of fused-ring (bicyclic) bond motifs is 1. The molecule has 118 valence electrons. The van der Waals surface area contributed by atoms with E-state index in [2.05, 4.69) is 4.98 Å². The Morgan fingerprint density at radius 3 is 2.70 bits per heavy atom. The highest BCUT2D eigenvalue weighted by molar-refractivity contribution is 5.96. The first-order valence-corrected chi connectivity index (χ1v) is 7.29. The molecule has 2 N–H and O–H groups in total. The number of carboxylic acids is 1. The number of benzene rings is 2. The van der Waals surface area contributed by atoms with Crippen molar-refractivity contribution in [3.63, 3.8) is 0 Å². The minimum Gasteiger partial charge on any atom is -0.496 e. The molecule has 3 aromatic rings. The Bertz CT molecular complexity index is 838. The fourth-order valence-electron chi connectivity index (χ4n) is 2.55. The van der Waals surface area contributed by atoms with Gasteiger partial charge in [-0.2, -0.15) is 0 Å². The van der Waals surface area contributed by atoms with Crippen molar-refractivity contribution in [1.82, 2.24) is 4.98 Å². The summed E-state index contributed by atoms with van der Waals surface area (Å²) in [5, 5.41) is 9.84. The summed E-state index contributed by atoms with van der Waals surface area (Å²) in [7, 11) is 1.65. The Hall–Kier alpha value is -2.95. The van der Waals surface area contributed by atoms with Gasteiger partial charge in [-0.1, -0.05) is 24.3 Å². The number of hydrogen-bond acceptors (Lipinski definition) is 3. The number of methoxy groups -OCH3 is 1. The molecule has 0 fully saturated rings. The van der Waals surface area contributed by atoms with E-state index in [9.17, 15) is 4.79 Å². The van der Waals surface area contributed by atoms with Crippen LogP contribution in [0.15, 0.2) is 48.5 Å². The Kier molecular flexibility index (Phi) is 4.19. The molecule has 0 aliphatic rings. The molecule has 1 aromatic heterocycles. The van der Waals surface area contributed by atoms with Crippen LogP contribution in [-0.2, 0) is 6.42 Å². The van der Waals surface area contributed by atoms with E-state index in [1.807, 2.05) is 42.5 Å². The van der Waals surface area contributed by atoms with E-state index in [4.69, 9.17) is 14.6 Å². The SMILES string of the molecule is COc1ccccc1CCOc1cccc2[nH]c(C(=O)O)cc12. The minimum atomic E-state index is -0.985. The van der Waals surface area contributed by atoms with Crippen LogP contribution in [0.25, 0.3) is 10.9 Å². The van der Waals surface area contributed by atoms with Gasteiger partial charge in [-0.15, -0.1) is 0 Å². The van der Waals surface area contributed by atoms with Gasteiger partial charge >= 0.3 is 5.97 Å². The molecule has 3 rings (SSSR count). The average Bonchev–Trinajstić information content (AvgIpc) is 3.01. The van der Waals surface area contributed by atoms with Crippen LogP contribution in [0, 0.1) is 0 Å². The second-order valence-electron chi connectivity index (χ2n) is 5.12. The number of hydrogen-bond donors (Lipinski definition) is 2. The highest BCUT2D eigenvalue weighted by Gasteiger charge is 2.11. The number of nitrogens with one attached hydrogen (secondary N) is 1. The molecule has 5 heteroatoms. The fourth-order valence-corrected chi connectivity index (χ4v) is 2.55. The molecule has 0 unspecified atom stereocenters. The van der Waals surface area contributed by atoms with Gasteiger partial charge in [0.25, 0.3) is 0 Å². The summed E-state index contributed by atoms with van der Waals surface area (Å²) in [6.45, 7) is 0.479. The van der Waals surface area contributed by atoms with Gasteiger partial charge in [0, 0.05) is 17.3 Å². The van der Waals surface area contributed by atoms with Gasteiger partial charge in [0.15, 0.2) is 0 Å². The maximum absolute atomic E-state index is 11.1. The molecule has 0 amide bonds. The van der Waals surface area contributed by atoms with Crippen molar-refractivity contribution in [3.8, 4) is 11.5 Å². The third kappa shape index (κ3) is 3.13. The second-order valence-corrected chi connectivity index (χ2v) is 5.12. The molecule has 23 heavy (non-hydrogen) atoms. The predicted octanol–water partition coefficient (Wildman–Crippen LogP) is 3.50. The minimum absolute atomic E-state index is 0.153. The van der Waals surface area contributed by atoms with E-state index in [0.29, 0.717) is 18.8 Å². The molecule has 2 aromatic carbocycles. The molecule has 0 radical (unpaired) electrons. The number of para-hydroxylation sites is 1. The van der Waals surface area contributed by atoms with Crippen LogP contribution >= 0.6 is 0 Å². The zero-order chi connectivity index (χ0) is 16.2. The zero-order valence-electron chi connectivity index (χ0n) is 12.7. The number of aromatic carboxylic acids is 1. The van der Waals surface area contributed by atoms with E-state index < -0.39 is 5.97 Å². The number of rotatable bonds is 6. The summed E-state index contributed by atoms with van der Waals surface area (Å²) in [6.07, 6.45) is 0.705. The largest absolute Gasteiger partial charge is 0.496 e. The molecule has 1 heterocycles. The van der Waals surface area contributed by atoms with Crippen LogP contribution < -0.4 is 9.47 Å². The van der Waals surface area contributed by atoms with Gasteiger partial charge in [0.1, 0.15) is 17.2 Å². The standard InChI is InChI=1S/C18H17NO4/c1-22-16-7-3-2-5-12(16)9-10-23-17-8-4-6-14-13(17)11-15(19-14)18(20)21/h2-8,11,19H,9-10H2,1H3,(H,20,21). The van der Waals surface area contributed by atoms with Gasteiger partial charge in [0.2, 0.25) is 0 Å². The molecule has 0 aliphatic carbocycles. The van der Waals surface area contributed by atoms with Gasteiger partial charge in [-0.3, -0.25) is 0 Å². The van der Waals surface area contributed by atoms with Gasteiger partial charge < -0.3 is 19.6 Å². The molecule has 5 nitrogen and oxygen atoms in total.